The molecule has 1 unspecified atom stereocenters. The largest absolute Gasteiger partial charge is 0.381 e. The molecule has 3 aliphatic rings. The molecule has 3 heterocycles. The Hall–Kier alpha value is -2.22. The van der Waals surface area contributed by atoms with Crippen molar-refractivity contribution in [2.45, 2.75) is 50.5 Å². The van der Waals surface area contributed by atoms with Crippen LogP contribution in [0.15, 0.2) is 36.4 Å². The smallest absolute Gasteiger partial charge is 0.253 e. The van der Waals surface area contributed by atoms with E-state index in [-0.39, 0.29) is 49.7 Å². The minimum absolute atomic E-state index is 0.0522. The summed E-state index contributed by atoms with van der Waals surface area (Å²) in [4.78, 5) is 29.3. The number of carbonyl (C=O) groups excluding carboxylic acids is 2. The zero-order valence-corrected chi connectivity index (χ0v) is 22.0. The predicted molar refractivity (Wildman–Crippen MR) is 139 cm³/mol. The number of hydrogen-bond donors (Lipinski definition) is 0. The van der Waals surface area contributed by atoms with E-state index in [9.17, 15) is 18.4 Å². The molecule has 0 bridgehead atoms. The van der Waals surface area contributed by atoms with Crippen molar-refractivity contribution >= 4 is 35.0 Å². The highest BCUT2D eigenvalue weighted by Crippen LogP contribution is 2.36. The van der Waals surface area contributed by atoms with Gasteiger partial charge in [0.25, 0.3) is 11.8 Å². The highest BCUT2D eigenvalue weighted by Gasteiger charge is 2.37. The Balaban J connectivity index is 1.25. The van der Waals surface area contributed by atoms with Crippen LogP contribution in [0.1, 0.15) is 48.0 Å². The highest BCUT2D eigenvalue weighted by atomic mass is 35.5. The lowest BCUT2D eigenvalue weighted by Gasteiger charge is -2.31. The zero-order valence-electron chi connectivity index (χ0n) is 20.5. The third-order valence-electron chi connectivity index (χ3n) is 7.82. The van der Waals surface area contributed by atoms with Gasteiger partial charge in [0.2, 0.25) is 5.91 Å². The van der Waals surface area contributed by atoms with Crippen LogP contribution in [0.3, 0.4) is 0 Å². The number of piperidine rings is 1. The van der Waals surface area contributed by atoms with Crippen LogP contribution in [-0.2, 0) is 16.0 Å². The minimum Gasteiger partial charge on any atom is -0.381 e. The topological polar surface area (TPSA) is 49.9 Å². The summed E-state index contributed by atoms with van der Waals surface area (Å²) in [5.74, 6) is -2.91. The molecule has 3 aliphatic heterocycles. The Morgan fingerprint density at radius 2 is 1.57 bits per heavy atom. The van der Waals surface area contributed by atoms with Crippen molar-refractivity contribution in [3.05, 3.63) is 57.6 Å². The van der Waals surface area contributed by atoms with Crippen molar-refractivity contribution in [2.24, 2.45) is 5.92 Å². The quantitative estimate of drug-likeness (QED) is 0.451. The van der Waals surface area contributed by atoms with E-state index in [0.717, 1.165) is 42.5 Å². The van der Waals surface area contributed by atoms with E-state index in [0.29, 0.717) is 35.2 Å². The Morgan fingerprint density at radius 1 is 0.946 bits per heavy atom. The molecule has 198 valence electrons. The maximum Gasteiger partial charge on any atom is 0.253 e. The maximum absolute atomic E-state index is 13.4. The number of carbonyl (C=O) groups is 2. The fourth-order valence-electron chi connectivity index (χ4n) is 5.55. The Kier molecular flexibility index (Phi) is 7.75. The van der Waals surface area contributed by atoms with Gasteiger partial charge in [-0.15, -0.1) is 0 Å². The average Bonchev–Trinajstić information content (AvgIpc) is 3.26. The van der Waals surface area contributed by atoms with Gasteiger partial charge in [0.05, 0.1) is 0 Å². The van der Waals surface area contributed by atoms with Gasteiger partial charge in [-0.1, -0.05) is 35.3 Å². The van der Waals surface area contributed by atoms with Crippen LogP contribution in [-0.4, -0.2) is 66.4 Å². The van der Waals surface area contributed by atoms with Gasteiger partial charge < -0.3 is 14.5 Å². The van der Waals surface area contributed by atoms with E-state index in [1.165, 1.54) is 4.90 Å². The number of rotatable bonds is 5. The molecule has 2 amide bonds. The fourth-order valence-corrected chi connectivity index (χ4v) is 6.19. The number of halogens is 4. The molecule has 0 aromatic heterocycles. The average molecular weight is 551 g/mol. The molecular weight excluding hydrogens is 521 g/mol. The normalized spacial score (nSPS) is 22.5. The van der Waals surface area contributed by atoms with Gasteiger partial charge in [0, 0.05) is 73.3 Å². The second-order valence-electron chi connectivity index (χ2n) is 10.2. The SMILES string of the molecule is O=C(c1ccc(-c2cc(Cl)c(CC3CCN(C4CCOCC4)C3=O)c(Cl)c2)cc1)N1CCC(F)(F)CC1. The van der Waals surface area contributed by atoms with Crippen LogP contribution in [0.5, 0.6) is 0 Å². The standard InChI is InChI=1S/C28H30Cl2F2N2O3/c29-24-16-21(18-1-3-19(4-2-18)26(35)33-11-8-28(31,32)9-12-33)17-25(30)23(24)15-20-5-10-34(27(20)36)22-6-13-37-14-7-22/h1-4,16-17,20,22H,5-15H2. The first kappa shape index (κ1) is 26.4. The first-order valence-electron chi connectivity index (χ1n) is 12.9. The van der Waals surface area contributed by atoms with Gasteiger partial charge in [-0.05, 0) is 66.6 Å². The van der Waals surface area contributed by atoms with Gasteiger partial charge in [0.15, 0.2) is 0 Å². The molecule has 3 fully saturated rings. The van der Waals surface area contributed by atoms with Crippen LogP contribution in [0, 0.1) is 5.92 Å². The van der Waals surface area contributed by atoms with Gasteiger partial charge >= 0.3 is 0 Å². The molecule has 3 saturated heterocycles. The molecule has 5 rings (SSSR count). The van der Waals surface area contributed by atoms with E-state index in [1.54, 1.807) is 24.3 Å². The number of amides is 2. The van der Waals surface area contributed by atoms with E-state index >= 15 is 0 Å². The molecule has 37 heavy (non-hydrogen) atoms. The van der Waals surface area contributed by atoms with Crippen LogP contribution in [0.25, 0.3) is 11.1 Å². The van der Waals surface area contributed by atoms with Crippen LogP contribution in [0.4, 0.5) is 8.78 Å². The molecule has 0 aliphatic carbocycles. The summed E-state index contributed by atoms with van der Waals surface area (Å²) < 4.78 is 32.3. The monoisotopic (exact) mass is 550 g/mol. The molecule has 0 N–H and O–H groups in total. The number of alkyl halides is 2. The summed E-state index contributed by atoms with van der Waals surface area (Å²) in [5.41, 5.74) is 2.86. The Labute approximate surface area is 225 Å². The molecule has 0 radical (unpaired) electrons. The van der Waals surface area contributed by atoms with Crippen LogP contribution >= 0.6 is 23.2 Å². The lowest BCUT2D eigenvalue weighted by molar-refractivity contribution is -0.134. The van der Waals surface area contributed by atoms with Gasteiger partial charge in [-0.25, -0.2) is 8.78 Å². The molecule has 2 aromatic carbocycles. The van der Waals surface area contributed by atoms with Crippen molar-refractivity contribution in [3.63, 3.8) is 0 Å². The molecule has 0 spiro atoms. The third-order valence-corrected chi connectivity index (χ3v) is 8.50. The highest BCUT2D eigenvalue weighted by molar-refractivity contribution is 6.36. The zero-order chi connectivity index (χ0) is 26.2. The first-order valence-corrected chi connectivity index (χ1v) is 13.6. The van der Waals surface area contributed by atoms with Crippen molar-refractivity contribution < 1.29 is 23.1 Å². The number of hydrogen-bond acceptors (Lipinski definition) is 3. The van der Waals surface area contributed by atoms with Gasteiger partial charge in [-0.3, -0.25) is 9.59 Å². The molecule has 0 saturated carbocycles. The van der Waals surface area contributed by atoms with Crippen molar-refractivity contribution in [1.82, 2.24) is 9.80 Å². The molecule has 5 nitrogen and oxygen atoms in total. The Morgan fingerprint density at radius 3 is 2.19 bits per heavy atom. The number of nitrogens with zero attached hydrogens (tertiary/aromatic N) is 2. The third kappa shape index (κ3) is 5.79. The summed E-state index contributed by atoms with van der Waals surface area (Å²) in [5, 5.41) is 1.02. The lowest BCUT2D eigenvalue weighted by Crippen LogP contribution is -2.42. The number of likely N-dealkylation sites (tertiary alicyclic amines) is 2. The minimum atomic E-state index is -2.69. The van der Waals surface area contributed by atoms with Crippen LogP contribution < -0.4 is 0 Å². The van der Waals surface area contributed by atoms with Gasteiger partial charge in [-0.2, -0.15) is 0 Å². The van der Waals surface area contributed by atoms with Crippen molar-refractivity contribution in [3.8, 4) is 11.1 Å². The van der Waals surface area contributed by atoms with E-state index in [2.05, 4.69) is 0 Å². The molecular formula is C28H30Cl2F2N2O3. The van der Waals surface area contributed by atoms with E-state index in [4.69, 9.17) is 27.9 Å². The fraction of sp³-hybridized carbons (Fsp3) is 0.500. The predicted octanol–water partition coefficient (Wildman–Crippen LogP) is 6.10. The van der Waals surface area contributed by atoms with E-state index < -0.39 is 5.92 Å². The van der Waals surface area contributed by atoms with Crippen LogP contribution in [0.2, 0.25) is 10.0 Å². The van der Waals surface area contributed by atoms with Crippen molar-refractivity contribution in [1.29, 1.82) is 0 Å². The Bertz CT molecular complexity index is 1140. The number of benzene rings is 2. The second kappa shape index (κ2) is 10.9. The summed E-state index contributed by atoms with van der Waals surface area (Å²) in [7, 11) is 0. The summed E-state index contributed by atoms with van der Waals surface area (Å²) in [6.07, 6.45) is 2.44. The summed E-state index contributed by atoms with van der Waals surface area (Å²) in [6, 6.07) is 10.9. The number of ether oxygens (including phenoxy) is 1. The van der Waals surface area contributed by atoms with Gasteiger partial charge in [0.1, 0.15) is 0 Å². The van der Waals surface area contributed by atoms with E-state index in [1.807, 2.05) is 17.0 Å². The molecule has 9 heteroatoms. The first-order chi connectivity index (χ1) is 17.7. The summed E-state index contributed by atoms with van der Waals surface area (Å²) in [6.45, 7) is 2.26. The maximum atomic E-state index is 13.4. The second-order valence-corrected chi connectivity index (χ2v) is 11.0. The summed E-state index contributed by atoms with van der Waals surface area (Å²) >= 11 is 13.3. The molecule has 1 atom stereocenters. The lowest BCUT2D eigenvalue weighted by atomic mass is 9.95. The van der Waals surface area contributed by atoms with Crippen molar-refractivity contribution in [2.75, 3.05) is 32.8 Å². The molecule has 2 aromatic rings.